The third-order valence-corrected chi connectivity index (χ3v) is 3.08. The van der Waals surface area contributed by atoms with Crippen LogP contribution in [0, 0.1) is 5.41 Å². The van der Waals surface area contributed by atoms with Crippen molar-refractivity contribution in [3.8, 4) is 0 Å². The maximum atomic E-state index is 5.66. The smallest absolute Gasteiger partial charge is 0.221 e. The molecule has 92 valence electrons. The molecule has 2 aromatic heterocycles. The Morgan fingerprint density at radius 1 is 1.41 bits per heavy atom. The van der Waals surface area contributed by atoms with Gasteiger partial charge in [-0.3, -0.25) is 0 Å². The molecule has 0 saturated carbocycles. The van der Waals surface area contributed by atoms with Crippen LogP contribution in [0.1, 0.15) is 26.5 Å². The summed E-state index contributed by atoms with van der Waals surface area (Å²) >= 11 is 3.51. The largest absolute Gasteiger partial charge is 0.368 e. The minimum Gasteiger partial charge on any atom is -0.368 e. The molecule has 0 amide bonds. The van der Waals surface area contributed by atoms with Crippen molar-refractivity contribution in [2.45, 2.75) is 32.6 Å². The molecular formula is C12H17BrN4. The Morgan fingerprint density at radius 2 is 2.12 bits per heavy atom. The molecular weight excluding hydrogens is 280 g/mol. The lowest BCUT2D eigenvalue weighted by molar-refractivity contribution is 0.345. The maximum Gasteiger partial charge on any atom is 0.221 e. The first-order chi connectivity index (χ1) is 7.90. The summed E-state index contributed by atoms with van der Waals surface area (Å²) in [4.78, 5) is 8.37. The average Bonchev–Trinajstić information content (AvgIpc) is 2.54. The predicted molar refractivity (Wildman–Crippen MR) is 74.0 cm³/mol. The summed E-state index contributed by atoms with van der Waals surface area (Å²) in [5.41, 5.74) is 7.98. The zero-order valence-corrected chi connectivity index (χ0v) is 12.0. The van der Waals surface area contributed by atoms with Gasteiger partial charge >= 0.3 is 0 Å². The number of anilines is 1. The van der Waals surface area contributed by atoms with Gasteiger partial charge < -0.3 is 10.3 Å². The number of nitrogens with zero attached hydrogens (tertiary/aromatic N) is 3. The highest BCUT2D eigenvalue weighted by Gasteiger charge is 2.17. The van der Waals surface area contributed by atoms with E-state index in [1.54, 1.807) is 6.20 Å². The molecule has 0 saturated heterocycles. The number of hydrogen-bond acceptors (Lipinski definition) is 3. The van der Waals surface area contributed by atoms with E-state index in [9.17, 15) is 0 Å². The summed E-state index contributed by atoms with van der Waals surface area (Å²) in [5.74, 6) is 0.326. The molecule has 0 spiro atoms. The standard InChI is InChI=1S/C12H17BrN4/c1-12(2,3)7-17-9(5-13)4-8-6-15-11(14)16-10(8)17/h4,6H,5,7H2,1-3H3,(H2,14,15,16). The number of nitrogen functional groups attached to an aromatic ring is 1. The van der Waals surface area contributed by atoms with Gasteiger partial charge in [-0.05, 0) is 11.5 Å². The molecule has 0 bridgehead atoms. The van der Waals surface area contributed by atoms with Gasteiger partial charge in [0.25, 0.3) is 0 Å². The topological polar surface area (TPSA) is 56.7 Å². The van der Waals surface area contributed by atoms with Crippen molar-refractivity contribution in [1.29, 1.82) is 0 Å². The SMILES string of the molecule is CC(C)(C)Cn1c(CBr)cc2cnc(N)nc21. The van der Waals surface area contributed by atoms with E-state index in [0.717, 1.165) is 22.9 Å². The number of nitrogens with two attached hydrogens (primary N) is 1. The first-order valence-electron chi connectivity index (χ1n) is 5.57. The fourth-order valence-corrected chi connectivity index (χ4v) is 2.33. The van der Waals surface area contributed by atoms with Crippen molar-refractivity contribution < 1.29 is 0 Å². The van der Waals surface area contributed by atoms with E-state index in [-0.39, 0.29) is 5.41 Å². The zero-order valence-electron chi connectivity index (χ0n) is 10.4. The van der Waals surface area contributed by atoms with Crippen LogP contribution in [0.25, 0.3) is 11.0 Å². The normalized spacial score (nSPS) is 12.2. The lowest BCUT2D eigenvalue weighted by atomic mass is 9.97. The number of alkyl halides is 1. The molecule has 0 aliphatic carbocycles. The van der Waals surface area contributed by atoms with Crippen molar-refractivity contribution in [2.24, 2.45) is 5.41 Å². The number of aromatic nitrogens is 3. The molecule has 0 fully saturated rings. The van der Waals surface area contributed by atoms with Crippen LogP contribution in [0.2, 0.25) is 0 Å². The molecule has 0 radical (unpaired) electrons. The number of fused-ring (bicyclic) bond motifs is 1. The van der Waals surface area contributed by atoms with Gasteiger partial charge in [0.2, 0.25) is 5.95 Å². The number of halogens is 1. The minimum absolute atomic E-state index is 0.197. The summed E-state index contributed by atoms with van der Waals surface area (Å²) in [5, 5.41) is 1.84. The van der Waals surface area contributed by atoms with Crippen LogP contribution in [0.4, 0.5) is 5.95 Å². The van der Waals surface area contributed by atoms with Crippen LogP contribution in [0.15, 0.2) is 12.3 Å². The number of hydrogen-bond donors (Lipinski definition) is 1. The molecule has 0 aliphatic rings. The van der Waals surface area contributed by atoms with Gasteiger partial charge in [-0.1, -0.05) is 36.7 Å². The molecule has 0 aliphatic heterocycles. The average molecular weight is 297 g/mol. The lowest BCUT2D eigenvalue weighted by Crippen LogP contribution is -2.17. The maximum absolute atomic E-state index is 5.66. The van der Waals surface area contributed by atoms with Crippen LogP contribution in [-0.4, -0.2) is 14.5 Å². The van der Waals surface area contributed by atoms with Crippen LogP contribution in [0.3, 0.4) is 0 Å². The van der Waals surface area contributed by atoms with E-state index in [2.05, 4.69) is 57.3 Å². The fourth-order valence-electron chi connectivity index (χ4n) is 1.87. The van der Waals surface area contributed by atoms with E-state index in [1.165, 1.54) is 5.69 Å². The second kappa shape index (κ2) is 4.29. The van der Waals surface area contributed by atoms with Crippen molar-refractivity contribution in [2.75, 3.05) is 5.73 Å². The third-order valence-electron chi connectivity index (χ3n) is 2.51. The van der Waals surface area contributed by atoms with Crippen LogP contribution in [-0.2, 0) is 11.9 Å². The summed E-state index contributed by atoms with van der Waals surface area (Å²) in [6, 6.07) is 2.11. The zero-order chi connectivity index (χ0) is 12.6. The number of rotatable bonds is 2. The summed E-state index contributed by atoms with van der Waals surface area (Å²) in [6.45, 7) is 7.54. The Morgan fingerprint density at radius 3 is 2.71 bits per heavy atom. The molecule has 0 aromatic carbocycles. The van der Waals surface area contributed by atoms with E-state index in [1.807, 2.05) is 0 Å². The molecule has 2 heterocycles. The van der Waals surface area contributed by atoms with Gasteiger partial charge in [0.05, 0.1) is 0 Å². The van der Waals surface area contributed by atoms with Gasteiger partial charge in [-0.15, -0.1) is 0 Å². The molecule has 2 N–H and O–H groups in total. The molecule has 0 unspecified atom stereocenters. The molecule has 2 rings (SSSR count). The Balaban J connectivity index is 2.60. The quantitative estimate of drug-likeness (QED) is 0.867. The monoisotopic (exact) mass is 296 g/mol. The predicted octanol–water partition coefficient (Wildman–Crippen LogP) is 2.95. The molecule has 0 atom stereocenters. The van der Waals surface area contributed by atoms with Gasteiger partial charge in [0, 0.05) is 29.2 Å². The van der Waals surface area contributed by atoms with E-state index < -0.39 is 0 Å². The van der Waals surface area contributed by atoms with Crippen LogP contribution >= 0.6 is 15.9 Å². The van der Waals surface area contributed by atoms with Crippen molar-refractivity contribution >= 4 is 32.9 Å². The third kappa shape index (κ3) is 2.60. The summed E-state index contributed by atoms with van der Waals surface area (Å²) in [7, 11) is 0. The Labute approximate surface area is 109 Å². The lowest BCUT2D eigenvalue weighted by Gasteiger charge is -2.21. The minimum atomic E-state index is 0.197. The van der Waals surface area contributed by atoms with Crippen LogP contribution in [0.5, 0.6) is 0 Å². The van der Waals surface area contributed by atoms with E-state index >= 15 is 0 Å². The Kier molecular flexibility index (Phi) is 3.12. The molecule has 5 heteroatoms. The Hall–Kier alpha value is -1.10. The first kappa shape index (κ1) is 12.4. The van der Waals surface area contributed by atoms with Crippen molar-refractivity contribution in [1.82, 2.24) is 14.5 Å². The highest BCUT2D eigenvalue weighted by Crippen LogP contribution is 2.25. The van der Waals surface area contributed by atoms with Crippen LogP contribution < -0.4 is 5.73 Å². The summed E-state index contributed by atoms with van der Waals surface area (Å²) < 4.78 is 2.21. The second-order valence-electron chi connectivity index (χ2n) is 5.42. The second-order valence-corrected chi connectivity index (χ2v) is 5.98. The Bertz CT molecular complexity index is 539. The van der Waals surface area contributed by atoms with Gasteiger partial charge in [-0.2, -0.15) is 4.98 Å². The fraction of sp³-hybridized carbons (Fsp3) is 0.500. The summed E-state index contributed by atoms with van der Waals surface area (Å²) in [6.07, 6.45) is 1.78. The van der Waals surface area contributed by atoms with Crippen molar-refractivity contribution in [3.05, 3.63) is 18.0 Å². The highest BCUT2D eigenvalue weighted by atomic mass is 79.9. The van der Waals surface area contributed by atoms with Gasteiger partial charge in [-0.25, -0.2) is 4.98 Å². The van der Waals surface area contributed by atoms with E-state index in [4.69, 9.17) is 5.73 Å². The molecule has 17 heavy (non-hydrogen) atoms. The van der Waals surface area contributed by atoms with E-state index in [0.29, 0.717) is 5.95 Å². The van der Waals surface area contributed by atoms with Gasteiger partial charge in [0.1, 0.15) is 5.65 Å². The molecule has 2 aromatic rings. The highest BCUT2D eigenvalue weighted by molar-refractivity contribution is 9.08. The molecule has 4 nitrogen and oxygen atoms in total. The van der Waals surface area contributed by atoms with Crippen molar-refractivity contribution in [3.63, 3.8) is 0 Å². The van der Waals surface area contributed by atoms with Gasteiger partial charge in [0.15, 0.2) is 0 Å². The first-order valence-corrected chi connectivity index (χ1v) is 6.69.